The maximum absolute atomic E-state index is 12.9. The van der Waals surface area contributed by atoms with E-state index in [9.17, 15) is 15.0 Å². The Hall–Kier alpha value is -1.23. The van der Waals surface area contributed by atoms with Gasteiger partial charge in [0.05, 0.1) is 5.38 Å². The Morgan fingerprint density at radius 3 is 2.77 bits per heavy atom. The number of carbonyl (C=O) groups is 1. The lowest BCUT2D eigenvalue weighted by molar-refractivity contribution is -0.122. The van der Waals surface area contributed by atoms with Gasteiger partial charge in [0.15, 0.2) is 12.0 Å². The first-order valence-corrected chi connectivity index (χ1v) is 9.82. The van der Waals surface area contributed by atoms with E-state index in [1.54, 1.807) is 6.08 Å². The number of alkyl halides is 1. The van der Waals surface area contributed by atoms with Crippen molar-refractivity contribution in [2.24, 2.45) is 28.2 Å². The van der Waals surface area contributed by atoms with Gasteiger partial charge in [-0.2, -0.15) is 0 Å². The van der Waals surface area contributed by atoms with Crippen molar-refractivity contribution in [1.29, 1.82) is 0 Å². The summed E-state index contributed by atoms with van der Waals surface area (Å²) >= 11 is 6.20. The molecule has 0 bridgehead atoms. The van der Waals surface area contributed by atoms with Crippen molar-refractivity contribution in [3.8, 4) is 0 Å². The molecule has 4 rings (SSSR count). The normalized spacial score (nSPS) is 41.0. The Labute approximate surface area is 159 Å². The number of aliphatic imine (C=N–C) groups is 1. The van der Waals surface area contributed by atoms with Crippen LogP contribution >= 0.6 is 11.6 Å². The number of halogens is 1. The SMILES string of the molecule is CC(C)(C)C1C2C=CC(C(=O)CC3(O)C4=CC(Cl)CCC4=NC3O)=CC21. The molecular weight excluding hydrogens is 350 g/mol. The molecule has 0 radical (unpaired) electrons. The summed E-state index contributed by atoms with van der Waals surface area (Å²) in [7, 11) is 0. The molecular formula is C21H26ClNO3. The van der Waals surface area contributed by atoms with Gasteiger partial charge < -0.3 is 10.2 Å². The van der Waals surface area contributed by atoms with Crippen molar-refractivity contribution in [3.05, 3.63) is 35.5 Å². The molecule has 1 heterocycles. The molecule has 0 spiro atoms. The molecule has 26 heavy (non-hydrogen) atoms. The smallest absolute Gasteiger partial charge is 0.179 e. The first kappa shape index (κ1) is 18.1. The quantitative estimate of drug-likeness (QED) is 0.744. The van der Waals surface area contributed by atoms with Gasteiger partial charge in [0.2, 0.25) is 0 Å². The molecule has 6 atom stereocenters. The monoisotopic (exact) mass is 375 g/mol. The third-order valence-electron chi connectivity index (χ3n) is 6.24. The average molecular weight is 376 g/mol. The van der Waals surface area contributed by atoms with E-state index in [0.29, 0.717) is 41.0 Å². The topological polar surface area (TPSA) is 69.9 Å². The Morgan fingerprint density at radius 1 is 1.35 bits per heavy atom. The number of aliphatic hydroxyl groups excluding tert-OH is 1. The van der Waals surface area contributed by atoms with Crippen LogP contribution in [0.2, 0.25) is 0 Å². The zero-order chi connectivity index (χ0) is 18.9. The van der Waals surface area contributed by atoms with E-state index in [0.717, 1.165) is 6.42 Å². The zero-order valence-electron chi connectivity index (χ0n) is 15.4. The first-order valence-electron chi connectivity index (χ1n) is 9.38. The van der Waals surface area contributed by atoms with Crippen molar-refractivity contribution in [2.75, 3.05) is 0 Å². The van der Waals surface area contributed by atoms with E-state index >= 15 is 0 Å². The van der Waals surface area contributed by atoms with Gasteiger partial charge in [-0.05, 0) is 36.0 Å². The standard InChI is InChI=1S/C21H26ClNO3/c1-20(2,3)18-13-6-4-11(8-14(13)18)17(24)10-21(26)15-9-12(22)5-7-16(15)23-19(21)25/h4,6,8-9,12-14,18-19,25-26H,5,7,10H2,1-3H3. The van der Waals surface area contributed by atoms with E-state index < -0.39 is 11.8 Å². The molecule has 3 aliphatic carbocycles. The second kappa shape index (κ2) is 5.88. The Kier molecular flexibility index (Phi) is 4.11. The zero-order valence-corrected chi connectivity index (χ0v) is 16.2. The molecule has 4 nitrogen and oxygen atoms in total. The predicted molar refractivity (Wildman–Crippen MR) is 102 cm³/mol. The summed E-state index contributed by atoms with van der Waals surface area (Å²) in [4.78, 5) is 17.0. The number of fused-ring (bicyclic) bond motifs is 2. The van der Waals surface area contributed by atoms with E-state index in [1.165, 1.54) is 0 Å². The van der Waals surface area contributed by atoms with Gasteiger partial charge >= 0.3 is 0 Å². The van der Waals surface area contributed by atoms with Gasteiger partial charge in [0.1, 0.15) is 5.60 Å². The third-order valence-corrected chi connectivity index (χ3v) is 6.59. The van der Waals surface area contributed by atoms with Crippen LogP contribution < -0.4 is 0 Å². The third kappa shape index (κ3) is 2.83. The molecule has 4 aliphatic rings. The van der Waals surface area contributed by atoms with Gasteiger partial charge in [-0.15, -0.1) is 11.6 Å². The summed E-state index contributed by atoms with van der Waals surface area (Å²) < 4.78 is 0. The largest absolute Gasteiger partial charge is 0.380 e. The van der Waals surface area contributed by atoms with Crippen LogP contribution in [0.5, 0.6) is 0 Å². The highest BCUT2D eigenvalue weighted by Gasteiger charge is 2.55. The molecule has 1 fully saturated rings. The van der Waals surface area contributed by atoms with Crippen molar-refractivity contribution < 1.29 is 15.0 Å². The van der Waals surface area contributed by atoms with Gasteiger partial charge in [0.25, 0.3) is 0 Å². The fraction of sp³-hybridized carbons (Fsp3) is 0.619. The summed E-state index contributed by atoms with van der Waals surface area (Å²) in [6.07, 6.45) is 7.66. The Bertz CT molecular complexity index is 773. The first-order chi connectivity index (χ1) is 12.1. The molecule has 6 unspecified atom stereocenters. The second-order valence-electron chi connectivity index (χ2n) is 9.14. The number of Topliss-reactive ketones (excluding diaryl/α,β-unsaturated/α-hetero) is 1. The lowest BCUT2D eigenvalue weighted by atomic mass is 9.81. The maximum atomic E-state index is 12.9. The minimum Gasteiger partial charge on any atom is -0.380 e. The number of ketones is 1. The number of hydrogen-bond acceptors (Lipinski definition) is 4. The molecule has 0 aromatic heterocycles. The van der Waals surface area contributed by atoms with Crippen LogP contribution in [0.4, 0.5) is 0 Å². The Morgan fingerprint density at radius 2 is 2.08 bits per heavy atom. The number of allylic oxidation sites excluding steroid dienone is 5. The van der Waals surface area contributed by atoms with Crippen molar-refractivity contribution in [1.82, 2.24) is 0 Å². The highest BCUT2D eigenvalue weighted by Crippen LogP contribution is 2.59. The van der Waals surface area contributed by atoms with E-state index in [1.807, 2.05) is 6.08 Å². The van der Waals surface area contributed by atoms with Crippen LogP contribution in [0.1, 0.15) is 40.0 Å². The fourth-order valence-electron chi connectivity index (χ4n) is 4.86. The molecule has 140 valence electrons. The van der Waals surface area contributed by atoms with Crippen LogP contribution in [0.25, 0.3) is 0 Å². The average Bonchev–Trinajstić information content (AvgIpc) is 3.24. The number of nitrogens with zero attached hydrogens (tertiary/aromatic N) is 1. The summed E-state index contributed by atoms with van der Waals surface area (Å²) in [6, 6.07) is 0. The number of hydrogen-bond donors (Lipinski definition) is 2. The van der Waals surface area contributed by atoms with Crippen molar-refractivity contribution in [2.45, 2.75) is 57.2 Å². The van der Waals surface area contributed by atoms with Crippen LogP contribution in [0.15, 0.2) is 40.4 Å². The summed E-state index contributed by atoms with van der Waals surface area (Å²) in [6.45, 7) is 6.69. The fourth-order valence-corrected chi connectivity index (χ4v) is 5.10. The van der Waals surface area contributed by atoms with Gasteiger partial charge in [-0.25, -0.2) is 0 Å². The molecule has 0 amide bonds. The second-order valence-corrected chi connectivity index (χ2v) is 9.70. The summed E-state index contributed by atoms with van der Waals surface area (Å²) in [5.41, 5.74) is 0.374. The lowest BCUT2D eigenvalue weighted by Crippen LogP contribution is -2.43. The molecule has 0 aromatic rings. The van der Waals surface area contributed by atoms with Crippen molar-refractivity contribution in [3.63, 3.8) is 0 Å². The molecule has 0 aromatic carbocycles. The van der Waals surface area contributed by atoms with Crippen LogP contribution in [-0.2, 0) is 4.79 Å². The minimum atomic E-state index is -1.67. The molecule has 1 saturated carbocycles. The predicted octanol–water partition coefficient (Wildman–Crippen LogP) is 3.18. The number of carbonyl (C=O) groups excluding carboxylic acids is 1. The molecule has 1 aliphatic heterocycles. The molecule has 2 N–H and O–H groups in total. The van der Waals surface area contributed by atoms with Gasteiger partial charge in [-0.3, -0.25) is 9.79 Å². The minimum absolute atomic E-state index is 0.158. The number of rotatable bonds is 3. The van der Waals surface area contributed by atoms with E-state index in [2.05, 4.69) is 37.9 Å². The van der Waals surface area contributed by atoms with Gasteiger partial charge in [-0.1, -0.05) is 45.1 Å². The van der Waals surface area contributed by atoms with Crippen LogP contribution in [0.3, 0.4) is 0 Å². The number of aliphatic hydroxyl groups is 2. The highest BCUT2D eigenvalue weighted by atomic mass is 35.5. The van der Waals surface area contributed by atoms with Gasteiger partial charge in [0, 0.05) is 23.3 Å². The van der Waals surface area contributed by atoms with Crippen LogP contribution in [0, 0.1) is 23.2 Å². The molecule has 5 heteroatoms. The molecule has 0 saturated heterocycles. The lowest BCUT2D eigenvalue weighted by Gasteiger charge is -2.29. The summed E-state index contributed by atoms with van der Waals surface area (Å²) in [5.74, 6) is 1.31. The van der Waals surface area contributed by atoms with E-state index in [-0.39, 0.29) is 23.0 Å². The van der Waals surface area contributed by atoms with Crippen LogP contribution in [-0.4, -0.2) is 38.9 Å². The van der Waals surface area contributed by atoms with E-state index in [4.69, 9.17) is 11.6 Å². The summed E-state index contributed by atoms with van der Waals surface area (Å²) in [5, 5.41) is 21.2. The highest BCUT2D eigenvalue weighted by molar-refractivity contribution is 6.23. The van der Waals surface area contributed by atoms with Crippen molar-refractivity contribution >= 4 is 23.1 Å². The Balaban J connectivity index is 1.53. The maximum Gasteiger partial charge on any atom is 0.179 e.